The molecule has 0 aromatic rings. The van der Waals surface area contributed by atoms with Crippen LogP contribution in [-0.2, 0) is 9.53 Å². The second kappa shape index (κ2) is 9.58. The summed E-state index contributed by atoms with van der Waals surface area (Å²) in [6.07, 6.45) is 9.27. The van der Waals surface area contributed by atoms with E-state index in [1.165, 1.54) is 4.90 Å². The van der Waals surface area contributed by atoms with Crippen LogP contribution < -0.4 is 0 Å². The minimum Gasteiger partial charge on any atom is -0.480 e. The summed E-state index contributed by atoms with van der Waals surface area (Å²) >= 11 is 0. The second-order valence-corrected chi connectivity index (χ2v) is 7.21. The third-order valence-electron chi connectivity index (χ3n) is 4.40. The largest absolute Gasteiger partial charge is 0.480 e. The average molecular weight is 325 g/mol. The van der Waals surface area contributed by atoms with Gasteiger partial charge in [0.15, 0.2) is 0 Å². The number of rotatable bonds is 9. The fourth-order valence-electron chi connectivity index (χ4n) is 3.02. The van der Waals surface area contributed by atoms with Crippen LogP contribution in [0.4, 0.5) is 4.79 Å². The van der Waals surface area contributed by atoms with Crippen molar-refractivity contribution in [3.05, 3.63) is 12.7 Å². The summed E-state index contributed by atoms with van der Waals surface area (Å²) in [6, 6.07) is -0.00349. The van der Waals surface area contributed by atoms with Gasteiger partial charge in [0, 0.05) is 6.04 Å². The molecule has 5 heteroatoms. The molecule has 0 aliphatic heterocycles. The molecular weight excluding hydrogens is 294 g/mol. The molecule has 0 atom stereocenters. The predicted octanol–water partition coefficient (Wildman–Crippen LogP) is 4.22. The smallest absolute Gasteiger partial charge is 0.410 e. The van der Waals surface area contributed by atoms with Crippen molar-refractivity contribution in [1.29, 1.82) is 0 Å². The quantitative estimate of drug-likeness (QED) is 0.509. The van der Waals surface area contributed by atoms with Crippen LogP contribution in [0.1, 0.15) is 65.2 Å². The normalized spacial score (nSPS) is 15.9. The van der Waals surface area contributed by atoms with E-state index in [0.717, 1.165) is 51.4 Å². The molecule has 0 saturated heterocycles. The molecule has 1 saturated carbocycles. The van der Waals surface area contributed by atoms with E-state index in [1.807, 2.05) is 6.08 Å². The summed E-state index contributed by atoms with van der Waals surface area (Å²) in [5.74, 6) is -0.988. The van der Waals surface area contributed by atoms with Gasteiger partial charge in [-0.1, -0.05) is 39.2 Å². The van der Waals surface area contributed by atoms with Crippen LogP contribution in [-0.4, -0.2) is 41.3 Å². The maximum absolute atomic E-state index is 12.4. The van der Waals surface area contributed by atoms with Gasteiger partial charge in [-0.15, -0.1) is 6.58 Å². The topological polar surface area (TPSA) is 66.8 Å². The number of carbonyl (C=O) groups excluding carboxylic acids is 1. The highest BCUT2D eigenvalue weighted by atomic mass is 16.6. The van der Waals surface area contributed by atoms with Crippen molar-refractivity contribution in [2.45, 2.75) is 71.3 Å². The van der Waals surface area contributed by atoms with Gasteiger partial charge in [0.05, 0.1) is 6.61 Å². The number of carboxylic acid groups (broad SMARTS) is 1. The summed E-state index contributed by atoms with van der Waals surface area (Å²) in [7, 11) is 0. The Morgan fingerprint density at radius 1 is 1.30 bits per heavy atom. The van der Waals surface area contributed by atoms with E-state index < -0.39 is 12.1 Å². The average Bonchev–Trinajstić information content (AvgIpc) is 2.51. The Morgan fingerprint density at radius 2 is 1.96 bits per heavy atom. The first-order valence-corrected chi connectivity index (χ1v) is 8.62. The highest BCUT2D eigenvalue weighted by molar-refractivity contribution is 5.77. The highest BCUT2D eigenvalue weighted by Crippen LogP contribution is 2.26. The Labute approximate surface area is 139 Å². The minimum absolute atomic E-state index is 0.00349. The number of carbonyl (C=O) groups is 2. The van der Waals surface area contributed by atoms with E-state index in [1.54, 1.807) is 0 Å². The lowest BCUT2D eigenvalue weighted by atomic mass is 9.88. The van der Waals surface area contributed by atoms with Gasteiger partial charge in [0.2, 0.25) is 0 Å². The van der Waals surface area contributed by atoms with Crippen molar-refractivity contribution >= 4 is 12.1 Å². The van der Waals surface area contributed by atoms with Crippen LogP contribution >= 0.6 is 0 Å². The molecule has 1 fully saturated rings. The Balaban J connectivity index is 2.55. The van der Waals surface area contributed by atoms with Crippen LogP contribution in [0.3, 0.4) is 0 Å². The fourth-order valence-corrected chi connectivity index (χ4v) is 3.02. The number of hydrogen-bond acceptors (Lipinski definition) is 3. The number of carboxylic acids is 1. The van der Waals surface area contributed by atoms with E-state index in [9.17, 15) is 9.59 Å². The molecule has 0 heterocycles. The number of aliphatic carboxylic acids is 1. The maximum Gasteiger partial charge on any atom is 0.410 e. The van der Waals surface area contributed by atoms with Crippen molar-refractivity contribution in [2.24, 2.45) is 5.41 Å². The van der Waals surface area contributed by atoms with Gasteiger partial charge in [-0.05, 0) is 37.5 Å². The molecule has 0 radical (unpaired) electrons. The zero-order valence-electron chi connectivity index (χ0n) is 14.6. The Kier molecular flexibility index (Phi) is 8.13. The molecule has 0 aromatic carbocycles. The first-order valence-electron chi connectivity index (χ1n) is 8.62. The molecule has 1 amide bonds. The van der Waals surface area contributed by atoms with Crippen molar-refractivity contribution in [3.63, 3.8) is 0 Å². The standard InChI is InChI=1S/C18H31NO4/c1-4-5-9-12-18(2,3)14-23-17(22)19(13-16(20)21)15-10-7-6-8-11-15/h4,15H,1,5-14H2,2-3H3,(H,20,21). The fraction of sp³-hybridized carbons (Fsp3) is 0.778. The number of allylic oxidation sites excluding steroid dienone is 1. The molecule has 0 unspecified atom stereocenters. The molecule has 132 valence electrons. The molecule has 1 N–H and O–H groups in total. The Morgan fingerprint density at radius 3 is 2.52 bits per heavy atom. The van der Waals surface area contributed by atoms with Gasteiger partial charge in [0.1, 0.15) is 6.54 Å². The van der Waals surface area contributed by atoms with Crippen LogP contribution in [0.25, 0.3) is 0 Å². The van der Waals surface area contributed by atoms with Crippen molar-refractivity contribution in [2.75, 3.05) is 13.2 Å². The van der Waals surface area contributed by atoms with E-state index in [-0.39, 0.29) is 18.0 Å². The summed E-state index contributed by atoms with van der Waals surface area (Å²) in [4.78, 5) is 24.9. The molecule has 1 aliphatic carbocycles. The minimum atomic E-state index is -0.988. The number of amides is 1. The lowest BCUT2D eigenvalue weighted by molar-refractivity contribution is -0.138. The molecule has 5 nitrogen and oxygen atoms in total. The highest BCUT2D eigenvalue weighted by Gasteiger charge is 2.29. The number of ether oxygens (including phenoxy) is 1. The van der Waals surface area contributed by atoms with Crippen LogP contribution in [0.15, 0.2) is 12.7 Å². The first kappa shape index (κ1) is 19.5. The van der Waals surface area contributed by atoms with Gasteiger partial charge in [-0.25, -0.2) is 4.79 Å². The van der Waals surface area contributed by atoms with Gasteiger partial charge >= 0.3 is 12.1 Å². The van der Waals surface area contributed by atoms with E-state index in [4.69, 9.17) is 9.84 Å². The number of nitrogens with zero attached hydrogens (tertiary/aromatic N) is 1. The number of hydrogen-bond donors (Lipinski definition) is 1. The maximum atomic E-state index is 12.4. The summed E-state index contributed by atoms with van der Waals surface area (Å²) < 4.78 is 5.45. The third kappa shape index (κ3) is 7.53. The lowest BCUT2D eigenvalue weighted by Crippen LogP contribution is -2.45. The van der Waals surface area contributed by atoms with E-state index in [0.29, 0.717) is 6.61 Å². The molecule has 0 aromatic heterocycles. The summed E-state index contributed by atoms with van der Waals surface area (Å²) in [5, 5.41) is 9.08. The van der Waals surface area contributed by atoms with Gasteiger partial charge in [-0.3, -0.25) is 9.69 Å². The van der Waals surface area contributed by atoms with Crippen molar-refractivity contribution < 1.29 is 19.4 Å². The lowest BCUT2D eigenvalue weighted by Gasteiger charge is -2.33. The number of unbranched alkanes of at least 4 members (excludes halogenated alkanes) is 1. The molecule has 0 bridgehead atoms. The molecule has 1 rings (SSSR count). The molecular formula is C18H31NO4. The molecule has 1 aliphatic rings. The predicted molar refractivity (Wildman–Crippen MR) is 90.4 cm³/mol. The van der Waals surface area contributed by atoms with Crippen LogP contribution in [0, 0.1) is 5.41 Å². The van der Waals surface area contributed by atoms with Gasteiger partial charge in [-0.2, -0.15) is 0 Å². The monoisotopic (exact) mass is 325 g/mol. The molecule has 23 heavy (non-hydrogen) atoms. The Hall–Kier alpha value is -1.52. The summed E-state index contributed by atoms with van der Waals surface area (Å²) in [5.41, 5.74) is -0.111. The van der Waals surface area contributed by atoms with Crippen molar-refractivity contribution in [3.8, 4) is 0 Å². The van der Waals surface area contributed by atoms with Gasteiger partial charge in [0.25, 0.3) is 0 Å². The van der Waals surface area contributed by atoms with E-state index >= 15 is 0 Å². The summed E-state index contributed by atoms with van der Waals surface area (Å²) in [6.45, 7) is 7.87. The second-order valence-electron chi connectivity index (χ2n) is 7.21. The van der Waals surface area contributed by atoms with E-state index in [2.05, 4.69) is 20.4 Å². The van der Waals surface area contributed by atoms with Crippen LogP contribution in [0.2, 0.25) is 0 Å². The molecule has 0 spiro atoms. The first-order chi connectivity index (χ1) is 10.9. The SMILES string of the molecule is C=CCCCC(C)(C)COC(=O)N(CC(=O)O)C1CCCCC1. The Bertz CT molecular complexity index is 400. The van der Waals surface area contributed by atoms with Crippen molar-refractivity contribution in [1.82, 2.24) is 4.90 Å². The zero-order chi connectivity index (χ0) is 17.3. The van der Waals surface area contributed by atoms with Crippen LogP contribution in [0.5, 0.6) is 0 Å². The van der Waals surface area contributed by atoms with Gasteiger partial charge < -0.3 is 9.84 Å². The third-order valence-corrected chi connectivity index (χ3v) is 4.40. The zero-order valence-corrected chi connectivity index (χ0v) is 14.6.